The van der Waals surface area contributed by atoms with E-state index < -0.39 is 21.8 Å². The first-order chi connectivity index (χ1) is 12.1. The molecule has 1 atom stereocenters. The third-order valence-corrected chi connectivity index (χ3v) is 5.09. The average molecular weight is 388 g/mol. The van der Waals surface area contributed by atoms with Gasteiger partial charge in [-0.3, -0.25) is 0 Å². The summed E-state index contributed by atoms with van der Waals surface area (Å²) in [4.78, 5) is 10.2. The molecule has 0 saturated carbocycles. The molecule has 2 aromatic rings. The Kier molecular flexibility index (Phi) is 5.07. The van der Waals surface area contributed by atoms with Crippen molar-refractivity contribution < 1.29 is 21.6 Å². The van der Waals surface area contributed by atoms with Gasteiger partial charge in [-0.2, -0.15) is 13.2 Å². The molecule has 26 heavy (non-hydrogen) atoms. The standard InChI is InChI=1S/C16H19F3N4O2S/c1-26(24,25)22-8-11-3-2-6-23(9-11)15-13-5-4-12(16(17,18)19)7-14(13)20-10-21-15/h4-5,7,10-11,22H,2-3,6,8-9H2,1H3. The summed E-state index contributed by atoms with van der Waals surface area (Å²) in [5, 5.41) is 0.553. The maximum atomic E-state index is 12.9. The Morgan fingerprint density at radius 2 is 2.08 bits per heavy atom. The van der Waals surface area contributed by atoms with E-state index in [1.54, 1.807) is 0 Å². The third kappa shape index (κ3) is 4.42. The van der Waals surface area contributed by atoms with Crippen molar-refractivity contribution in [1.82, 2.24) is 14.7 Å². The van der Waals surface area contributed by atoms with Crippen LogP contribution in [0.25, 0.3) is 10.9 Å². The van der Waals surface area contributed by atoms with Gasteiger partial charge in [0.1, 0.15) is 12.1 Å². The van der Waals surface area contributed by atoms with Gasteiger partial charge in [-0.1, -0.05) is 0 Å². The Bertz CT molecular complexity index is 902. The fraction of sp³-hybridized carbons (Fsp3) is 0.500. The van der Waals surface area contributed by atoms with E-state index in [-0.39, 0.29) is 11.4 Å². The number of aromatic nitrogens is 2. The van der Waals surface area contributed by atoms with Crippen molar-refractivity contribution in [3.63, 3.8) is 0 Å². The zero-order chi connectivity index (χ0) is 18.9. The van der Waals surface area contributed by atoms with Gasteiger partial charge < -0.3 is 4.90 Å². The summed E-state index contributed by atoms with van der Waals surface area (Å²) >= 11 is 0. The van der Waals surface area contributed by atoms with Crippen LogP contribution in [0.2, 0.25) is 0 Å². The largest absolute Gasteiger partial charge is 0.416 e. The summed E-state index contributed by atoms with van der Waals surface area (Å²) in [5.74, 6) is 0.686. The normalized spacial score (nSPS) is 19.1. The molecule has 3 rings (SSSR count). The summed E-state index contributed by atoms with van der Waals surface area (Å²) in [5.41, 5.74) is -0.510. The Labute approximate surface area is 149 Å². The molecule has 1 aromatic carbocycles. The number of nitrogens with one attached hydrogen (secondary N) is 1. The Balaban J connectivity index is 1.85. The second-order valence-corrected chi connectivity index (χ2v) is 8.33. The lowest BCUT2D eigenvalue weighted by molar-refractivity contribution is -0.137. The number of anilines is 1. The van der Waals surface area contributed by atoms with Crippen LogP contribution in [-0.2, 0) is 16.2 Å². The lowest BCUT2D eigenvalue weighted by Gasteiger charge is -2.34. The van der Waals surface area contributed by atoms with Crippen molar-refractivity contribution >= 4 is 26.7 Å². The summed E-state index contributed by atoms with van der Waals surface area (Å²) < 4.78 is 63.7. The molecule has 1 fully saturated rings. The van der Waals surface area contributed by atoms with E-state index in [1.807, 2.05) is 4.90 Å². The van der Waals surface area contributed by atoms with Gasteiger partial charge >= 0.3 is 6.18 Å². The van der Waals surface area contributed by atoms with Crippen molar-refractivity contribution in [3.05, 3.63) is 30.1 Å². The molecule has 1 aliphatic heterocycles. The Hall–Kier alpha value is -1.94. The summed E-state index contributed by atoms with van der Waals surface area (Å²) in [6, 6.07) is 3.45. The minimum Gasteiger partial charge on any atom is -0.356 e. The number of rotatable bonds is 4. The Morgan fingerprint density at radius 3 is 2.77 bits per heavy atom. The van der Waals surface area contributed by atoms with Gasteiger partial charge in [0.25, 0.3) is 0 Å². The highest BCUT2D eigenvalue weighted by atomic mass is 32.2. The zero-order valence-corrected chi connectivity index (χ0v) is 14.9. The van der Waals surface area contributed by atoms with Gasteiger partial charge in [-0.15, -0.1) is 0 Å². The topological polar surface area (TPSA) is 75.2 Å². The highest BCUT2D eigenvalue weighted by molar-refractivity contribution is 7.88. The van der Waals surface area contributed by atoms with Gasteiger partial charge in [0, 0.05) is 25.0 Å². The van der Waals surface area contributed by atoms with E-state index in [0.29, 0.717) is 30.8 Å². The maximum Gasteiger partial charge on any atom is 0.416 e. The molecule has 1 saturated heterocycles. The van der Waals surface area contributed by atoms with Crippen LogP contribution in [-0.4, -0.2) is 44.3 Å². The number of nitrogens with zero attached hydrogens (tertiary/aromatic N) is 3. The molecular formula is C16H19F3N4O2S. The molecular weight excluding hydrogens is 369 g/mol. The summed E-state index contributed by atoms with van der Waals surface area (Å²) in [6.07, 6.45) is -0.324. The molecule has 0 aliphatic carbocycles. The average Bonchev–Trinajstić information content (AvgIpc) is 2.58. The maximum absolute atomic E-state index is 12.9. The fourth-order valence-corrected chi connectivity index (χ4v) is 3.70. The first-order valence-corrected chi connectivity index (χ1v) is 10.0. The first-order valence-electron chi connectivity index (χ1n) is 8.15. The predicted molar refractivity (Wildman–Crippen MR) is 92.3 cm³/mol. The summed E-state index contributed by atoms with van der Waals surface area (Å²) in [6.45, 7) is 1.62. The molecule has 0 spiro atoms. The molecule has 1 N–H and O–H groups in total. The molecule has 1 aliphatic rings. The number of piperidine rings is 1. The number of hydrogen-bond donors (Lipinski definition) is 1. The smallest absolute Gasteiger partial charge is 0.356 e. The Morgan fingerprint density at radius 1 is 1.31 bits per heavy atom. The monoisotopic (exact) mass is 388 g/mol. The molecule has 0 amide bonds. The molecule has 1 aromatic heterocycles. The number of fused-ring (bicyclic) bond motifs is 1. The number of hydrogen-bond acceptors (Lipinski definition) is 5. The van der Waals surface area contributed by atoms with Gasteiger partial charge in [-0.25, -0.2) is 23.1 Å². The van der Waals surface area contributed by atoms with E-state index in [1.165, 1.54) is 12.4 Å². The molecule has 10 heteroatoms. The summed E-state index contributed by atoms with van der Waals surface area (Å²) in [7, 11) is -3.26. The second-order valence-electron chi connectivity index (χ2n) is 6.50. The van der Waals surface area contributed by atoms with Gasteiger partial charge in [0.2, 0.25) is 10.0 Å². The van der Waals surface area contributed by atoms with Crippen LogP contribution >= 0.6 is 0 Å². The van der Waals surface area contributed by atoms with Crippen LogP contribution in [0.3, 0.4) is 0 Å². The fourth-order valence-electron chi connectivity index (χ4n) is 3.16. The van der Waals surface area contributed by atoms with E-state index in [2.05, 4.69) is 14.7 Å². The van der Waals surface area contributed by atoms with E-state index in [4.69, 9.17) is 0 Å². The minimum absolute atomic E-state index is 0.109. The van der Waals surface area contributed by atoms with Crippen LogP contribution in [0.4, 0.5) is 19.0 Å². The minimum atomic E-state index is -4.42. The van der Waals surface area contributed by atoms with Crippen molar-refractivity contribution in [3.8, 4) is 0 Å². The highest BCUT2D eigenvalue weighted by Gasteiger charge is 2.31. The molecule has 6 nitrogen and oxygen atoms in total. The molecule has 0 radical (unpaired) electrons. The van der Waals surface area contributed by atoms with Crippen LogP contribution < -0.4 is 9.62 Å². The third-order valence-electron chi connectivity index (χ3n) is 4.40. The second kappa shape index (κ2) is 6.99. The first kappa shape index (κ1) is 18.8. The SMILES string of the molecule is CS(=O)(=O)NCC1CCCN(c2ncnc3cc(C(F)(F)F)ccc23)C1. The van der Waals surface area contributed by atoms with Gasteiger partial charge in [0.05, 0.1) is 17.3 Å². The van der Waals surface area contributed by atoms with Gasteiger partial charge in [-0.05, 0) is 37.0 Å². The number of alkyl halides is 3. The lowest BCUT2D eigenvalue weighted by atomic mass is 9.98. The zero-order valence-electron chi connectivity index (χ0n) is 14.1. The lowest BCUT2D eigenvalue weighted by Crippen LogP contribution is -2.41. The van der Waals surface area contributed by atoms with E-state index in [9.17, 15) is 21.6 Å². The van der Waals surface area contributed by atoms with Crippen molar-refractivity contribution in [1.29, 1.82) is 0 Å². The highest BCUT2D eigenvalue weighted by Crippen LogP contribution is 2.33. The van der Waals surface area contributed by atoms with Crippen LogP contribution in [0, 0.1) is 5.92 Å². The van der Waals surface area contributed by atoms with Crippen molar-refractivity contribution in [2.24, 2.45) is 5.92 Å². The number of sulfonamides is 1. The van der Waals surface area contributed by atoms with Crippen LogP contribution in [0.15, 0.2) is 24.5 Å². The predicted octanol–water partition coefficient (Wildman–Crippen LogP) is 2.41. The molecule has 0 bridgehead atoms. The van der Waals surface area contributed by atoms with Gasteiger partial charge in [0.15, 0.2) is 0 Å². The van der Waals surface area contributed by atoms with Crippen molar-refractivity contribution in [2.45, 2.75) is 19.0 Å². The van der Waals surface area contributed by atoms with Crippen molar-refractivity contribution in [2.75, 3.05) is 30.8 Å². The quantitative estimate of drug-likeness (QED) is 0.871. The van der Waals surface area contributed by atoms with E-state index >= 15 is 0 Å². The molecule has 1 unspecified atom stereocenters. The van der Waals surface area contributed by atoms with Crippen LogP contribution in [0.5, 0.6) is 0 Å². The molecule has 2 heterocycles. The van der Waals surface area contributed by atoms with Crippen LogP contribution in [0.1, 0.15) is 18.4 Å². The molecule has 142 valence electrons. The number of halogens is 3. The van der Waals surface area contributed by atoms with E-state index in [0.717, 1.165) is 31.2 Å². The number of benzene rings is 1.